The van der Waals surface area contributed by atoms with Gasteiger partial charge < -0.3 is 29.8 Å². The second kappa shape index (κ2) is 12.9. The van der Waals surface area contributed by atoms with E-state index in [4.69, 9.17) is 24.7 Å². The molecule has 0 radical (unpaired) electrons. The molecule has 0 amide bonds. The summed E-state index contributed by atoms with van der Waals surface area (Å²) in [6.07, 6.45) is -1.45. The Morgan fingerprint density at radius 2 is 1.43 bits per heavy atom. The predicted molar refractivity (Wildman–Crippen MR) is 136 cm³/mol. The number of hydrogen-bond donors (Lipinski definition) is 2. The first-order valence-corrected chi connectivity index (χ1v) is 12.4. The molecule has 37 heavy (non-hydrogen) atoms. The van der Waals surface area contributed by atoms with E-state index in [2.05, 4.69) is 0 Å². The SMILES string of the molecule is CCC(C)(C)OC(=O)O[C@@H](C)[C@@H](C)[C@](N)(Cc1ccc(OC(=O)C(C)C)c(OC(=O)C(C)C)c1)C(=O)O. The van der Waals surface area contributed by atoms with Crippen molar-refractivity contribution >= 4 is 24.1 Å². The van der Waals surface area contributed by atoms with Gasteiger partial charge in [-0.15, -0.1) is 0 Å². The molecule has 0 aliphatic carbocycles. The number of carboxylic acids is 1. The van der Waals surface area contributed by atoms with Gasteiger partial charge in [0, 0.05) is 12.3 Å². The molecule has 1 aromatic carbocycles. The molecule has 0 heterocycles. The lowest BCUT2D eigenvalue weighted by molar-refractivity contribution is -0.148. The normalized spacial score (nSPS) is 14.9. The van der Waals surface area contributed by atoms with E-state index in [0.29, 0.717) is 12.0 Å². The summed E-state index contributed by atoms with van der Waals surface area (Å²) in [6, 6.07) is 4.39. The van der Waals surface area contributed by atoms with Gasteiger partial charge >= 0.3 is 24.1 Å². The minimum atomic E-state index is -1.87. The number of carbonyl (C=O) groups excluding carboxylic acids is 3. The number of ether oxygens (including phenoxy) is 4. The van der Waals surface area contributed by atoms with Crippen LogP contribution in [0, 0.1) is 17.8 Å². The number of rotatable bonds is 12. The van der Waals surface area contributed by atoms with E-state index in [1.54, 1.807) is 55.4 Å². The van der Waals surface area contributed by atoms with E-state index in [9.17, 15) is 24.3 Å². The van der Waals surface area contributed by atoms with Gasteiger partial charge in [0.05, 0.1) is 11.8 Å². The summed E-state index contributed by atoms with van der Waals surface area (Å²) in [7, 11) is 0. The zero-order valence-electron chi connectivity index (χ0n) is 23.2. The van der Waals surface area contributed by atoms with Gasteiger partial charge in [-0.3, -0.25) is 14.4 Å². The second-order valence-electron chi connectivity index (χ2n) is 10.5. The molecule has 0 fully saturated rings. The van der Waals surface area contributed by atoms with Crippen molar-refractivity contribution in [3.63, 3.8) is 0 Å². The molecule has 1 aromatic rings. The average Bonchev–Trinajstić information content (AvgIpc) is 2.79. The van der Waals surface area contributed by atoms with Crippen LogP contribution < -0.4 is 15.2 Å². The summed E-state index contributed by atoms with van der Waals surface area (Å²) in [6.45, 7) is 15.1. The van der Waals surface area contributed by atoms with Crippen LogP contribution >= 0.6 is 0 Å². The van der Waals surface area contributed by atoms with Gasteiger partial charge in [-0.25, -0.2) is 4.79 Å². The van der Waals surface area contributed by atoms with Crippen LogP contribution in [0.4, 0.5) is 4.79 Å². The van der Waals surface area contributed by atoms with Crippen molar-refractivity contribution in [1.29, 1.82) is 0 Å². The standard InChI is InChI=1S/C27H41NO9/c1-10-26(8,9)37-25(33)34-18(7)17(6)27(28,24(31)32)14-19-11-12-20(35-22(29)15(2)3)21(13-19)36-23(30)16(4)5/h11-13,15-18H,10,14,28H2,1-9H3,(H,31,32)/t17-,18+,27-/m1/s1. The minimum absolute atomic E-state index is 0.0275. The molecule has 3 N–H and O–H groups in total. The molecule has 208 valence electrons. The lowest BCUT2D eigenvalue weighted by Gasteiger charge is -2.35. The molecule has 0 saturated heterocycles. The molecule has 10 heteroatoms. The smallest absolute Gasteiger partial charge is 0.480 e. The van der Waals surface area contributed by atoms with Crippen LogP contribution in [-0.2, 0) is 30.3 Å². The van der Waals surface area contributed by atoms with Crippen LogP contribution in [0.3, 0.4) is 0 Å². The number of benzene rings is 1. The van der Waals surface area contributed by atoms with Crippen LogP contribution in [0.1, 0.15) is 74.3 Å². The Balaban J connectivity index is 3.26. The summed E-state index contributed by atoms with van der Waals surface area (Å²) in [5.41, 5.74) is 4.19. The molecule has 0 unspecified atom stereocenters. The van der Waals surface area contributed by atoms with Gasteiger partial charge in [0.25, 0.3) is 0 Å². The molecule has 3 atom stereocenters. The first-order chi connectivity index (χ1) is 16.9. The van der Waals surface area contributed by atoms with Crippen LogP contribution in [0.5, 0.6) is 11.5 Å². The Bertz CT molecular complexity index is 986. The van der Waals surface area contributed by atoms with Gasteiger partial charge in [0.1, 0.15) is 17.2 Å². The minimum Gasteiger partial charge on any atom is -0.480 e. The first-order valence-electron chi connectivity index (χ1n) is 12.4. The summed E-state index contributed by atoms with van der Waals surface area (Å²) >= 11 is 0. The number of hydrogen-bond acceptors (Lipinski definition) is 9. The fourth-order valence-electron chi connectivity index (χ4n) is 3.04. The van der Waals surface area contributed by atoms with Crippen molar-refractivity contribution in [3.05, 3.63) is 23.8 Å². The first kappa shape index (κ1) is 31.9. The van der Waals surface area contributed by atoms with Gasteiger partial charge in [-0.1, -0.05) is 47.6 Å². The lowest BCUT2D eigenvalue weighted by Crippen LogP contribution is -2.58. The van der Waals surface area contributed by atoms with Crippen LogP contribution in [0.2, 0.25) is 0 Å². The highest BCUT2D eigenvalue weighted by atomic mass is 16.7. The third kappa shape index (κ3) is 9.03. The maximum Gasteiger partial charge on any atom is 0.509 e. The van der Waals surface area contributed by atoms with Gasteiger partial charge in [0.2, 0.25) is 0 Å². The van der Waals surface area contributed by atoms with E-state index >= 15 is 0 Å². The molecule has 0 spiro atoms. The van der Waals surface area contributed by atoms with Crippen molar-refractivity contribution in [2.75, 3.05) is 0 Å². The summed E-state index contributed by atoms with van der Waals surface area (Å²) in [5, 5.41) is 10.0. The molecule has 1 rings (SSSR count). The van der Waals surface area contributed by atoms with Gasteiger partial charge in [-0.2, -0.15) is 0 Å². The second-order valence-corrected chi connectivity index (χ2v) is 10.5. The number of carbonyl (C=O) groups is 4. The molecule has 0 bridgehead atoms. The maximum absolute atomic E-state index is 12.3. The van der Waals surface area contributed by atoms with Crippen molar-refractivity contribution < 1.29 is 43.2 Å². The fourth-order valence-corrected chi connectivity index (χ4v) is 3.04. The Kier molecular flexibility index (Phi) is 11.1. The van der Waals surface area contributed by atoms with Crippen molar-refractivity contribution in [3.8, 4) is 11.5 Å². The van der Waals surface area contributed by atoms with Crippen LogP contribution in [0.15, 0.2) is 18.2 Å². The fraction of sp³-hybridized carbons (Fsp3) is 0.630. The summed E-state index contributed by atoms with van der Waals surface area (Å²) in [5.74, 6) is -4.11. The molecule has 0 saturated carbocycles. The predicted octanol–water partition coefficient (Wildman–Crippen LogP) is 4.50. The largest absolute Gasteiger partial charge is 0.509 e. The zero-order valence-corrected chi connectivity index (χ0v) is 23.2. The summed E-state index contributed by atoms with van der Waals surface area (Å²) < 4.78 is 21.4. The number of carboxylic acid groups (broad SMARTS) is 1. The molecule has 0 aliphatic rings. The highest BCUT2D eigenvalue weighted by molar-refractivity contribution is 5.80. The Morgan fingerprint density at radius 3 is 1.89 bits per heavy atom. The number of esters is 2. The van der Waals surface area contributed by atoms with Crippen LogP contribution in [-0.4, -0.2) is 46.4 Å². The van der Waals surface area contributed by atoms with Gasteiger partial charge in [-0.05, 0) is 44.9 Å². The number of nitrogens with two attached hydrogens (primary N) is 1. The third-order valence-electron chi connectivity index (χ3n) is 6.28. The Morgan fingerprint density at radius 1 is 0.919 bits per heavy atom. The zero-order chi connectivity index (χ0) is 28.7. The third-order valence-corrected chi connectivity index (χ3v) is 6.28. The number of aliphatic carboxylic acids is 1. The maximum atomic E-state index is 12.3. The molecular formula is C27H41NO9. The van der Waals surface area contributed by atoms with E-state index in [-0.39, 0.29) is 17.9 Å². The molecule has 0 aromatic heterocycles. The molecular weight excluding hydrogens is 482 g/mol. The van der Waals surface area contributed by atoms with Crippen molar-refractivity contribution in [2.24, 2.45) is 23.5 Å². The Labute approximate surface area is 218 Å². The highest BCUT2D eigenvalue weighted by Gasteiger charge is 2.44. The van der Waals surface area contributed by atoms with Crippen molar-refractivity contribution in [1.82, 2.24) is 0 Å². The van der Waals surface area contributed by atoms with Crippen molar-refractivity contribution in [2.45, 2.75) is 92.4 Å². The van der Waals surface area contributed by atoms with E-state index in [0.717, 1.165) is 0 Å². The van der Waals surface area contributed by atoms with E-state index < -0.39 is 59.1 Å². The van der Waals surface area contributed by atoms with E-state index in [1.165, 1.54) is 18.2 Å². The topological polar surface area (TPSA) is 151 Å². The molecule has 10 nitrogen and oxygen atoms in total. The average molecular weight is 524 g/mol. The Hall–Kier alpha value is -3.14. The quantitative estimate of drug-likeness (QED) is 0.296. The molecule has 0 aliphatic heterocycles. The van der Waals surface area contributed by atoms with E-state index in [1.807, 2.05) is 6.92 Å². The highest BCUT2D eigenvalue weighted by Crippen LogP contribution is 2.33. The summed E-state index contributed by atoms with van der Waals surface area (Å²) in [4.78, 5) is 49.0. The lowest BCUT2D eigenvalue weighted by atomic mass is 9.78. The van der Waals surface area contributed by atoms with Gasteiger partial charge in [0.15, 0.2) is 11.5 Å². The van der Waals surface area contributed by atoms with Crippen LogP contribution in [0.25, 0.3) is 0 Å². The monoisotopic (exact) mass is 523 g/mol.